The molecule has 0 N–H and O–H groups in total. The SMILES string of the molecule is CC1(C)c2ccccc2-c2ccc(-n3c4ccccc4c4cc(C=Cc5ccc6c(c5)C5(CCCC5)c5cc(-c7ccc8c(c7)C7(CCCC7)c7cc(C=Cc9ccc%10c(c9)c9ccccc9n%10-c9ccc%10c(c9)C(C)(C)c9ccccc9-%10)ccc7-8)ccc5-6)ccc43)cc21. The second-order valence-electron chi connectivity index (χ2n) is 29.4. The molecule has 0 saturated heterocycles. The Bertz CT molecular complexity index is 5340. The first-order chi connectivity index (χ1) is 46.0. The molecule has 2 spiro atoms. The molecule has 6 aliphatic carbocycles. The van der Waals surface area contributed by atoms with Crippen molar-refractivity contribution < 1.29 is 0 Å². The van der Waals surface area contributed by atoms with Crippen molar-refractivity contribution in [3.8, 4) is 67.0 Å². The van der Waals surface area contributed by atoms with Gasteiger partial charge in [0.25, 0.3) is 0 Å². The number of aromatic nitrogens is 2. The Labute approximate surface area is 550 Å². The maximum absolute atomic E-state index is 2.61. The number of para-hydroxylation sites is 2. The highest BCUT2D eigenvalue weighted by molar-refractivity contribution is 6.11. The summed E-state index contributed by atoms with van der Waals surface area (Å²) in [5, 5.41) is 5.13. The zero-order chi connectivity index (χ0) is 62.4. The van der Waals surface area contributed by atoms with E-state index in [1.165, 1.54) is 229 Å². The normalized spacial score (nSPS) is 16.9. The van der Waals surface area contributed by atoms with Gasteiger partial charge in [0.1, 0.15) is 0 Å². The van der Waals surface area contributed by atoms with Crippen molar-refractivity contribution >= 4 is 67.9 Å². The van der Waals surface area contributed by atoms with Crippen LogP contribution in [0.4, 0.5) is 0 Å². The molecule has 2 aromatic heterocycles. The van der Waals surface area contributed by atoms with Crippen LogP contribution in [0, 0.1) is 0 Å². The van der Waals surface area contributed by atoms with Gasteiger partial charge in [-0.25, -0.2) is 0 Å². The van der Waals surface area contributed by atoms with E-state index in [0.717, 1.165) is 0 Å². The molecule has 94 heavy (non-hydrogen) atoms. The van der Waals surface area contributed by atoms with Crippen LogP contribution < -0.4 is 0 Å². The maximum Gasteiger partial charge on any atom is 0.0541 e. The van der Waals surface area contributed by atoms with Gasteiger partial charge >= 0.3 is 0 Å². The summed E-state index contributed by atoms with van der Waals surface area (Å²) >= 11 is 0. The molecule has 0 bridgehead atoms. The molecule has 12 aromatic carbocycles. The fourth-order valence-corrected chi connectivity index (χ4v) is 19.4. The minimum absolute atomic E-state index is 0.0309. The molecule has 0 unspecified atom stereocenters. The fourth-order valence-electron chi connectivity index (χ4n) is 19.4. The average Bonchev–Trinajstić information content (AvgIpc) is 1.75. The van der Waals surface area contributed by atoms with Crippen molar-refractivity contribution in [1.82, 2.24) is 9.13 Å². The van der Waals surface area contributed by atoms with Crippen LogP contribution in [-0.2, 0) is 21.7 Å². The van der Waals surface area contributed by atoms with E-state index in [-0.39, 0.29) is 21.7 Å². The fraction of sp³-hybridized carbons (Fsp3) is 0.174. The minimum atomic E-state index is -0.0638. The van der Waals surface area contributed by atoms with Gasteiger partial charge < -0.3 is 9.13 Å². The van der Waals surface area contributed by atoms with Gasteiger partial charge in [0.2, 0.25) is 0 Å². The van der Waals surface area contributed by atoms with E-state index in [1.54, 1.807) is 0 Å². The highest BCUT2D eigenvalue weighted by atomic mass is 15.0. The Hall–Kier alpha value is -10.3. The highest BCUT2D eigenvalue weighted by Gasteiger charge is 2.47. The lowest BCUT2D eigenvalue weighted by Gasteiger charge is -2.28. The zero-order valence-electron chi connectivity index (χ0n) is 54.0. The van der Waals surface area contributed by atoms with Gasteiger partial charge in [0, 0.05) is 54.6 Å². The second-order valence-corrected chi connectivity index (χ2v) is 29.4. The summed E-state index contributed by atoms with van der Waals surface area (Å²) in [5.74, 6) is 0. The number of benzene rings is 12. The van der Waals surface area contributed by atoms with Crippen LogP contribution in [0.3, 0.4) is 0 Å². The summed E-state index contributed by atoms with van der Waals surface area (Å²) in [6.07, 6.45) is 19.2. The van der Waals surface area contributed by atoms with E-state index in [2.05, 4.69) is 304 Å². The number of hydrogen-bond donors (Lipinski definition) is 0. The average molecular weight is 1210 g/mol. The molecular formula is C92H72N2. The summed E-state index contributed by atoms with van der Waals surface area (Å²) in [5.41, 5.74) is 37.8. The van der Waals surface area contributed by atoms with Crippen LogP contribution >= 0.6 is 0 Å². The maximum atomic E-state index is 2.61. The molecule has 450 valence electrons. The molecule has 0 amide bonds. The summed E-state index contributed by atoms with van der Waals surface area (Å²) in [6, 6.07) is 93.8. The Kier molecular flexibility index (Phi) is 11.3. The summed E-state index contributed by atoms with van der Waals surface area (Å²) in [7, 11) is 0. The molecule has 2 fully saturated rings. The molecule has 0 atom stereocenters. The highest BCUT2D eigenvalue weighted by Crippen LogP contribution is 2.61. The third-order valence-electron chi connectivity index (χ3n) is 24.0. The molecule has 6 aliphatic rings. The number of fused-ring (bicyclic) bond motifs is 22. The number of nitrogens with zero attached hydrogens (tertiary/aromatic N) is 2. The van der Waals surface area contributed by atoms with Crippen LogP contribution in [0.2, 0.25) is 0 Å². The minimum Gasteiger partial charge on any atom is -0.309 e. The van der Waals surface area contributed by atoms with E-state index in [9.17, 15) is 0 Å². The van der Waals surface area contributed by atoms with Crippen LogP contribution in [0.25, 0.3) is 135 Å². The van der Waals surface area contributed by atoms with Crippen molar-refractivity contribution in [3.63, 3.8) is 0 Å². The largest absolute Gasteiger partial charge is 0.309 e. The van der Waals surface area contributed by atoms with Crippen molar-refractivity contribution in [2.75, 3.05) is 0 Å². The van der Waals surface area contributed by atoms with Crippen molar-refractivity contribution in [3.05, 3.63) is 309 Å². The van der Waals surface area contributed by atoms with Gasteiger partial charge in [0.15, 0.2) is 0 Å². The van der Waals surface area contributed by atoms with Gasteiger partial charge in [-0.15, -0.1) is 0 Å². The number of hydrogen-bond acceptors (Lipinski definition) is 0. The molecule has 2 heteroatoms. The molecule has 0 aliphatic heterocycles. The van der Waals surface area contributed by atoms with Crippen LogP contribution in [0.15, 0.2) is 243 Å². The first-order valence-electron chi connectivity index (χ1n) is 34.5. The quantitative estimate of drug-likeness (QED) is 0.141. The number of rotatable bonds is 7. The summed E-state index contributed by atoms with van der Waals surface area (Å²) in [4.78, 5) is 0. The van der Waals surface area contributed by atoms with Crippen LogP contribution in [-0.4, -0.2) is 9.13 Å². The summed E-state index contributed by atoms with van der Waals surface area (Å²) < 4.78 is 4.95. The van der Waals surface area contributed by atoms with Gasteiger partial charge in [0.05, 0.1) is 22.1 Å². The lowest BCUT2D eigenvalue weighted by atomic mass is 9.75. The summed E-state index contributed by atoms with van der Waals surface area (Å²) in [6.45, 7) is 9.49. The Balaban J connectivity index is 0.586. The van der Waals surface area contributed by atoms with Gasteiger partial charge in [-0.1, -0.05) is 248 Å². The molecule has 0 radical (unpaired) electrons. The Morgan fingerprint density at radius 3 is 1.01 bits per heavy atom. The van der Waals surface area contributed by atoms with E-state index >= 15 is 0 Å². The topological polar surface area (TPSA) is 9.86 Å². The van der Waals surface area contributed by atoms with E-state index in [4.69, 9.17) is 0 Å². The molecule has 14 aromatic rings. The molecule has 20 rings (SSSR count). The third kappa shape index (κ3) is 7.54. The Morgan fingerprint density at radius 2 is 0.574 bits per heavy atom. The van der Waals surface area contributed by atoms with E-state index in [1.807, 2.05) is 0 Å². The molecule has 2 heterocycles. The van der Waals surface area contributed by atoms with Gasteiger partial charge in [-0.3, -0.25) is 0 Å². The standard InChI is InChI=1S/C92H72N2/c1-89(2)77-21-9-5-17-65(77)67-41-35-63(55-79(67)89)93-85-23-11-7-19-73(85)75-49-57(31-43-87(75)93)25-27-59-29-37-69-71-39-33-61(53-83(71)91(81(69)51-59)45-13-14-46-91)62-34-40-72-70-38-30-60(52-82(70)92(84(72)54-62)47-15-16-48-92)28-26-58-32-44-88-76(50-58)74-20-8-12-24-86(74)94(88)64-36-42-68-66-18-6-10-22-78(66)90(3,4)80(68)56-64/h5-12,17-44,49-56H,13-16,45-48H2,1-4H3. The lowest BCUT2D eigenvalue weighted by Crippen LogP contribution is -2.21. The molecular weight excluding hydrogens is 1130 g/mol. The lowest BCUT2D eigenvalue weighted by molar-refractivity contribution is 0.549. The Morgan fingerprint density at radius 1 is 0.255 bits per heavy atom. The predicted molar refractivity (Wildman–Crippen MR) is 396 cm³/mol. The van der Waals surface area contributed by atoms with Gasteiger partial charge in [-0.2, -0.15) is 0 Å². The van der Waals surface area contributed by atoms with Gasteiger partial charge in [-0.05, 0) is 221 Å². The van der Waals surface area contributed by atoms with E-state index < -0.39 is 0 Å². The monoisotopic (exact) mass is 1200 g/mol. The third-order valence-corrected chi connectivity index (χ3v) is 24.0. The first-order valence-corrected chi connectivity index (χ1v) is 34.5. The molecule has 2 saturated carbocycles. The van der Waals surface area contributed by atoms with Crippen molar-refractivity contribution in [1.29, 1.82) is 0 Å². The second kappa shape index (κ2) is 19.6. The van der Waals surface area contributed by atoms with Crippen LogP contribution in [0.5, 0.6) is 0 Å². The smallest absolute Gasteiger partial charge is 0.0541 e. The first kappa shape index (κ1) is 54.3. The van der Waals surface area contributed by atoms with Crippen LogP contribution in [0.1, 0.15) is 146 Å². The van der Waals surface area contributed by atoms with Crippen molar-refractivity contribution in [2.24, 2.45) is 0 Å². The van der Waals surface area contributed by atoms with Crippen molar-refractivity contribution in [2.45, 2.75) is 101 Å². The molecule has 2 nitrogen and oxygen atoms in total. The van der Waals surface area contributed by atoms with E-state index in [0.29, 0.717) is 0 Å². The predicted octanol–water partition coefficient (Wildman–Crippen LogP) is 24.2. The zero-order valence-corrected chi connectivity index (χ0v) is 54.0.